The molecule has 1 atom stereocenters. The number of aliphatic hydroxyl groups is 1. The number of aromatic carboxylic acids is 1. The van der Waals surface area contributed by atoms with Gasteiger partial charge in [0.05, 0.1) is 4.92 Å². The highest BCUT2D eigenvalue weighted by Gasteiger charge is 2.38. The molecule has 0 heterocycles. The number of hydrogen-bond donors (Lipinski definition) is 2. The zero-order valence-corrected chi connectivity index (χ0v) is 9.63. The average Bonchev–Trinajstić information content (AvgIpc) is 2.34. The molecule has 0 aliphatic rings. The van der Waals surface area contributed by atoms with Gasteiger partial charge >= 0.3 is 12.1 Å². The first-order valence-electron chi connectivity index (χ1n) is 5.02. The minimum atomic E-state index is -4.88. The van der Waals surface area contributed by atoms with Gasteiger partial charge in [0.1, 0.15) is 17.9 Å². The number of rotatable bonds is 5. The van der Waals surface area contributed by atoms with Crippen LogP contribution in [0.25, 0.3) is 0 Å². The van der Waals surface area contributed by atoms with Crippen LogP contribution in [0.3, 0.4) is 0 Å². The number of hydrogen-bond acceptors (Lipinski definition) is 5. The number of halogens is 3. The third-order valence-electron chi connectivity index (χ3n) is 2.18. The van der Waals surface area contributed by atoms with Crippen molar-refractivity contribution in [1.82, 2.24) is 0 Å². The Morgan fingerprint density at radius 2 is 2.05 bits per heavy atom. The van der Waals surface area contributed by atoms with Crippen LogP contribution in [-0.4, -0.2) is 40.0 Å². The van der Waals surface area contributed by atoms with Crippen molar-refractivity contribution in [3.8, 4) is 5.75 Å². The van der Waals surface area contributed by atoms with E-state index in [1.165, 1.54) is 0 Å². The zero-order chi connectivity index (χ0) is 15.5. The van der Waals surface area contributed by atoms with Crippen LogP contribution in [0.15, 0.2) is 18.2 Å². The molecule has 1 aromatic carbocycles. The number of carboxylic acids is 1. The summed E-state index contributed by atoms with van der Waals surface area (Å²) >= 11 is 0. The summed E-state index contributed by atoms with van der Waals surface area (Å²) < 4.78 is 40.6. The molecule has 0 radical (unpaired) electrons. The number of aliphatic hydroxyl groups excluding tert-OH is 1. The standard InChI is InChI=1S/C10H8F3NO6/c11-10(12,13)8(15)4-20-5-1-2-7(14(18)19)6(3-5)9(16)17/h1-3,8,15H,4H2,(H,16,17). The molecule has 20 heavy (non-hydrogen) atoms. The molecule has 0 saturated heterocycles. The van der Waals surface area contributed by atoms with Crippen LogP contribution in [0, 0.1) is 10.1 Å². The molecule has 0 saturated carbocycles. The van der Waals surface area contributed by atoms with Gasteiger partial charge in [-0.25, -0.2) is 4.79 Å². The van der Waals surface area contributed by atoms with E-state index in [-0.39, 0.29) is 5.75 Å². The Balaban J connectivity index is 2.91. The third-order valence-corrected chi connectivity index (χ3v) is 2.18. The second kappa shape index (κ2) is 5.74. The third kappa shape index (κ3) is 3.82. The minimum Gasteiger partial charge on any atom is -0.490 e. The summed E-state index contributed by atoms with van der Waals surface area (Å²) in [6.45, 7) is -1.15. The number of nitro benzene ring substituents is 1. The van der Waals surface area contributed by atoms with Gasteiger partial charge in [0.2, 0.25) is 0 Å². The lowest BCUT2D eigenvalue weighted by Crippen LogP contribution is -2.34. The van der Waals surface area contributed by atoms with Gasteiger partial charge < -0.3 is 14.9 Å². The molecule has 7 nitrogen and oxygen atoms in total. The maximum atomic E-state index is 12.0. The van der Waals surface area contributed by atoms with Crippen LogP contribution in [0.2, 0.25) is 0 Å². The van der Waals surface area contributed by atoms with Gasteiger partial charge in [-0.05, 0) is 6.07 Å². The molecule has 1 unspecified atom stereocenters. The van der Waals surface area contributed by atoms with E-state index in [1.807, 2.05) is 0 Å². The minimum absolute atomic E-state index is 0.337. The number of nitro groups is 1. The fourth-order valence-corrected chi connectivity index (χ4v) is 1.21. The van der Waals surface area contributed by atoms with Crippen molar-refractivity contribution in [3.63, 3.8) is 0 Å². The van der Waals surface area contributed by atoms with E-state index in [9.17, 15) is 28.1 Å². The van der Waals surface area contributed by atoms with Crippen LogP contribution >= 0.6 is 0 Å². The van der Waals surface area contributed by atoms with Gasteiger partial charge in [-0.2, -0.15) is 13.2 Å². The summed E-state index contributed by atoms with van der Waals surface area (Å²) in [6, 6.07) is 2.44. The van der Waals surface area contributed by atoms with Crippen LogP contribution in [0.5, 0.6) is 5.75 Å². The fourth-order valence-electron chi connectivity index (χ4n) is 1.21. The Morgan fingerprint density at radius 3 is 2.50 bits per heavy atom. The molecule has 0 bridgehead atoms. The summed E-state index contributed by atoms with van der Waals surface area (Å²) in [6.07, 6.45) is -7.62. The van der Waals surface area contributed by atoms with Gasteiger partial charge in [-0.3, -0.25) is 10.1 Å². The lowest BCUT2D eigenvalue weighted by atomic mass is 10.1. The highest BCUT2D eigenvalue weighted by Crippen LogP contribution is 2.25. The molecule has 1 rings (SSSR count). The SMILES string of the molecule is O=C(O)c1cc(OCC(O)C(F)(F)F)ccc1[N+](=O)[O-]. The molecule has 10 heteroatoms. The number of benzene rings is 1. The Hall–Kier alpha value is -2.36. The quantitative estimate of drug-likeness (QED) is 0.630. The second-order valence-corrected chi connectivity index (χ2v) is 3.61. The number of nitrogens with zero attached hydrogens (tertiary/aromatic N) is 1. The predicted octanol–water partition coefficient (Wildman–Crippen LogP) is 1.59. The van der Waals surface area contributed by atoms with E-state index < -0.39 is 41.0 Å². The maximum absolute atomic E-state index is 12.0. The topological polar surface area (TPSA) is 110 Å². The molecule has 0 amide bonds. The largest absolute Gasteiger partial charge is 0.490 e. The predicted molar refractivity (Wildman–Crippen MR) is 57.6 cm³/mol. The summed E-state index contributed by atoms with van der Waals surface area (Å²) in [7, 11) is 0. The normalized spacial score (nSPS) is 12.8. The fraction of sp³-hybridized carbons (Fsp3) is 0.300. The van der Waals surface area contributed by atoms with Crippen molar-refractivity contribution in [3.05, 3.63) is 33.9 Å². The van der Waals surface area contributed by atoms with Crippen LogP contribution in [0.4, 0.5) is 18.9 Å². The monoisotopic (exact) mass is 295 g/mol. The smallest absolute Gasteiger partial charge is 0.417 e. The first-order chi connectivity index (χ1) is 9.12. The molecule has 0 spiro atoms. The molecule has 0 aliphatic carbocycles. The van der Waals surface area contributed by atoms with E-state index in [0.717, 1.165) is 12.1 Å². The highest BCUT2D eigenvalue weighted by molar-refractivity contribution is 5.92. The van der Waals surface area contributed by atoms with Crippen molar-refractivity contribution >= 4 is 11.7 Å². The first kappa shape index (κ1) is 15.7. The molecular formula is C10H8F3NO6. The van der Waals surface area contributed by atoms with Crippen molar-refractivity contribution in [2.75, 3.05) is 6.61 Å². The Labute approximate surface area is 109 Å². The number of ether oxygens (including phenoxy) is 1. The van der Waals surface area contributed by atoms with Gasteiger partial charge in [0.25, 0.3) is 5.69 Å². The lowest BCUT2D eigenvalue weighted by Gasteiger charge is -2.15. The Morgan fingerprint density at radius 1 is 1.45 bits per heavy atom. The van der Waals surface area contributed by atoms with Gasteiger partial charge in [0, 0.05) is 12.1 Å². The summed E-state index contributed by atoms with van der Waals surface area (Å²) in [5.41, 5.74) is -1.45. The van der Waals surface area contributed by atoms with E-state index in [1.54, 1.807) is 0 Å². The molecule has 0 fully saturated rings. The first-order valence-corrected chi connectivity index (χ1v) is 5.02. The summed E-state index contributed by atoms with van der Waals surface area (Å²) in [5.74, 6) is -1.96. The maximum Gasteiger partial charge on any atom is 0.417 e. The molecular weight excluding hydrogens is 287 g/mol. The summed E-state index contributed by atoms with van der Waals surface area (Å²) in [4.78, 5) is 20.4. The number of carbonyl (C=O) groups is 1. The molecule has 0 aromatic heterocycles. The molecule has 1 aromatic rings. The van der Waals surface area contributed by atoms with E-state index in [4.69, 9.17) is 10.2 Å². The van der Waals surface area contributed by atoms with E-state index in [2.05, 4.69) is 4.74 Å². The Kier molecular flexibility index (Phi) is 4.50. The van der Waals surface area contributed by atoms with Crippen molar-refractivity contribution < 1.29 is 37.8 Å². The number of carboxylic acid groups (broad SMARTS) is 1. The van der Waals surface area contributed by atoms with Crippen LogP contribution in [0.1, 0.15) is 10.4 Å². The molecule has 0 aliphatic heterocycles. The van der Waals surface area contributed by atoms with Crippen molar-refractivity contribution in [1.29, 1.82) is 0 Å². The van der Waals surface area contributed by atoms with Crippen molar-refractivity contribution in [2.45, 2.75) is 12.3 Å². The van der Waals surface area contributed by atoms with E-state index >= 15 is 0 Å². The Bertz CT molecular complexity index is 530. The summed E-state index contributed by atoms with van der Waals surface area (Å²) in [5, 5.41) is 28.0. The van der Waals surface area contributed by atoms with Gasteiger partial charge in [-0.1, -0.05) is 0 Å². The van der Waals surface area contributed by atoms with Crippen LogP contribution in [-0.2, 0) is 0 Å². The van der Waals surface area contributed by atoms with Crippen LogP contribution < -0.4 is 4.74 Å². The van der Waals surface area contributed by atoms with Crippen molar-refractivity contribution in [2.24, 2.45) is 0 Å². The highest BCUT2D eigenvalue weighted by atomic mass is 19.4. The second-order valence-electron chi connectivity index (χ2n) is 3.61. The number of alkyl halides is 3. The van der Waals surface area contributed by atoms with Gasteiger partial charge in [-0.15, -0.1) is 0 Å². The average molecular weight is 295 g/mol. The van der Waals surface area contributed by atoms with E-state index in [0.29, 0.717) is 6.07 Å². The molecule has 2 N–H and O–H groups in total. The molecule has 110 valence electrons. The zero-order valence-electron chi connectivity index (χ0n) is 9.63. The lowest BCUT2D eigenvalue weighted by molar-refractivity contribution is -0.385. The van der Waals surface area contributed by atoms with Gasteiger partial charge in [0.15, 0.2) is 6.10 Å².